The van der Waals surface area contributed by atoms with Crippen LogP contribution in [0.3, 0.4) is 0 Å². The molecule has 82 valence electrons. The molecule has 2 heteroatoms. The van der Waals surface area contributed by atoms with Crippen LogP contribution in [0, 0.1) is 5.92 Å². The minimum atomic E-state index is 0.848. The molecule has 1 aliphatic rings. The lowest BCUT2D eigenvalue weighted by atomic mass is 10.0. The fraction of sp³-hybridized carbons (Fsp3) is 0.286. The number of hydrogen-bond donors (Lipinski definition) is 0. The van der Waals surface area contributed by atoms with E-state index in [0.717, 1.165) is 10.4 Å². The van der Waals surface area contributed by atoms with Gasteiger partial charge in [-0.2, -0.15) is 0 Å². The van der Waals surface area contributed by atoms with E-state index in [1.807, 2.05) is 0 Å². The molecule has 0 N–H and O–H groups in total. The van der Waals surface area contributed by atoms with Crippen LogP contribution in [0.1, 0.15) is 6.92 Å². The highest BCUT2D eigenvalue weighted by atomic mass is 79.9. The third kappa shape index (κ3) is 1.71. The molecule has 0 saturated carbocycles. The minimum absolute atomic E-state index is 0.848. The van der Waals surface area contributed by atoms with Gasteiger partial charge < -0.3 is 4.90 Å². The summed E-state index contributed by atoms with van der Waals surface area (Å²) in [5.41, 5.74) is 1.35. The monoisotopic (exact) mass is 275 g/mol. The smallest absolute Gasteiger partial charge is 0.0372 e. The summed E-state index contributed by atoms with van der Waals surface area (Å²) in [6.45, 7) is 4.69. The lowest BCUT2D eigenvalue weighted by Crippen LogP contribution is -2.45. The molecule has 16 heavy (non-hydrogen) atoms. The van der Waals surface area contributed by atoms with Gasteiger partial charge in [-0.1, -0.05) is 35.0 Å². The first-order valence-corrected chi connectivity index (χ1v) is 6.46. The van der Waals surface area contributed by atoms with Crippen molar-refractivity contribution in [3.63, 3.8) is 0 Å². The van der Waals surface area contributed by atoms with Crippen LogP contribution in [0.15, 0.2) is 40.9 Å². The molecule has 0 bridgehead atoms. The predicted molar refractivity (Wildman–Crippen MR) is 73.0 cm³/mol. The Balaban J connectivity index is 2.00. The summed E-state index contributed by atoms with van der Waals surface area (Å²) in [6, 6.07) is 13.2. The lowest BCUT2D eigenvalue weighted by molar-refractivity contribution is 0.447. The van der Waals surface area contributed by atoms with Gasteiger partial charge in [0.15, 0.2) is 0 Å². The van der Waals surface area contributed by atoms with Crippen molar-refractivity contribution in [3.8, 4) is 0 Å². The fourth-order valence-corrected chi connectivity index (χ4v) is 2.69. The number of anilines is 1. The van der Waals surface area contributed by atoms with Gasteiger partial charge in [-0.15, -0.1) is 0 Å². The van der Waals surface area contributed by atoms with E-state index < -0.39 is 0 Å². The van der Waals surface area contributed by atoms with Crippen LogP contribution < -0.4 is 4.90 Å². The Labute approximate surface area is 104 Å². The van der Waals surface area contributed by atoms with Crippen molar-refractivity contribution in [2.45, 2.75) is 6.92 Å². The number of halogens is 1. The molecule has 1 aliphatic heterocycles. The summed E-state index contributed by atoms with van der Waals surface area (Å²) in [5.74, 6) is 0.848. The Morgan fingerprint density at radius 1 is 1.06 bits per heavy atom. The van der Waals surface area contributed by atoms with Gasteiger partial charge in [0.1, 0.15) is 0 Å². The van der Waals surface area contributed by atoms with Crippen LogP contribution in [0.25, 0.3) is 10.8 Å². The Kier molecular flexibility index (Phi) is 2.40. The minimum Gasteiger partial charge on any atom is -0.371 e. The maximum Gasteiger partial charge on any atom is 0.0372 e. The SMILES string of the molecule is CC1CN(c2ccc3cc(Br)ccc3c2)C1. The molecule has 1 saturated heterocycles. The Bertz CT molecular complexity index is 529. The van der Waals surface area contributed by atoms with Crippen molar-refractivity contribution < 1.29 is 0 Å². The van der Waals surface area contributed by atoms with Gasteiger partial charge in [-0.25, -0.2) is 0 Å². The number of benzene rings is 2. The summed E-state index contributed by atoms with van der Waals surface area (Å²) in [6.07, 6.45) is 0. The summed E-state index contributed by atoms with van der Waals surface area (Å²) in [5, 5.41) is 2.62. The molecule has 1 heterocycles. The second kappa shape index (κ2) is 3.77. The summed E-state index contributed by atoms with van der Waals surface area (Å²) in [7, 11) is 0. The Morgan fingerprint density at radius 2 is 1.75 bits per heavy atom. The first-order chi connectivity index (χ1) is 7.72. The quantitative estimate of drug-likeness (QED) is 0.759. The summed E-state index contributed by atoms with van der Waals surface area (Å²) >= 11 is 3.50. The zero-order valence-corrected chi connectivity index (χ0v) is 10.9. The zero-order valence-electron chi connectivity index (χ0n) is 9.28. The van der Waals surface area contributed by atoms with Crippen LogP contribution in [-0.4, -0.2) is 13.1 Å². The number of hydrogen-bond acceptors (Lipinski definition) is 1. The Hall–Kier alpha value is -1.02. The standard InChI is InChI=1S/C14H14BrN/c1-10-8-16(9-10)14-5-3-11-6-13(15)4-2-12(11)7-14/h2-7,10H,8-9H2,1H3. The van der Waals surface area contributed by atoms with E-state index in [1.165, 1.54) is 29.5 Å². The van der Waals surface area contributed by atoms with E-state index >= 15 is 0 Å². The van der Waals surface area contributed by atoms with Crippen LogP contribution in [0.2, 0.25) is 0 Å². The van der Waals surface area contributed by atoms with Gasteiger partial charge >= 0.3 is 0 Å². The highest BCUT2D eigenvalue weighted by Crippen LogP contribution is 2.28. The van der Waals surface area contributed by atoms with Crippen molar-refractivity contribution in [2.75, 3.05) is 18.0 Å². The van der Waals surface area contributed by atoms with Crippen LogP contribution in [-0.2, 0) is 0 Å². The molecule has 0 amide bonds. The van der Waals surface area contributed by atoms with Gasteiger partial charge in [0.2, 0.25) is 0 Å². The molecule has 0 aliphatic carbocycles. The molecule has 0 aromatic heterocycles. The van der Waals surface area contributed by atoms with Crippen molar-refractivity contribution in [3.05, 3.63) is 40.9 Å². The lowest BCUT2D eigenvalue weighted by Gasteiger charge is -2.39. The number of fused-ring (bicyclic) bond motifs is 1. The van der Waals surface area contributed by atoms with Crippen molar-refractivity contribution in [1.82, 2.24) is 0 Å². The average molecular weight is 276 g/mol. The van der Waals surface area contributed by atoms with E-state index in [-0.39, 0.29) is 0 Å². The molecule has 0 atom stereocenters. The Morgan fingerprint density at radius 3 is 2.50 bits per heavy atom. The first kappa shape index (κ1) is 10.2. The second-order valence-electron chi connectivity index (χ2n) is 4.69. The van der Waals surface area contributed by atoms with Crippen molar-refractivity contribution in [2.24, 2.45) is 5.92 Å². The topological polar surface area (TPSA) is 3.24 Å². The van der Waals surface area contributed by atoms with E-state index in [2.05, 4.69) is 64.2 Å². The molecule has 0 radical (unpaired) electrons. The van der Waals surface area contributed by atoms with Crippen molar-refractivity contribution in [1.29, 1.82) is 0 Å². The molecule has 1 nitrogen and oxygen atoms in total. The predicted octanol–water partition coefficient (Wildman–Crippen LogP) is 4.06. The molecule has 0 spiro atoms. The van der Waals surface area contributed by atoms with E-state index in [9.17, 15) is 0 Å². The molecular formula is C14H14BrN. The zero-order chi connectivity index (χ0) is 11.1. The maximum atomic E-state index is 3.50. The molecular weight excluding hydrogens is 262 g/mol. The van der Waals surface area contributed by atoms with E-state index in [1.54, 1.807) is 0 Å². The first-order valence-electron chi connectivity index (χ1n) is 5.66. The number of nitrogens with zero attached hydrogens (tertiary/aromatic N) is 1. The van der Waals surface area contributed by atoms with Gasteiger partial charge in [0.05, 0.1) is 0 Å². The second-order valence-corrected chi connectivity index (χ2v) is 5.60. The molecule has 0 unspecified atom stereocenters. The molecule has 3 rings (SSSR count). The highest BCUT2D eigenvalue weighted by Gasteiger charge is 2.22. The maximum absolute atomic E-state index is 3.50. The van der Waals surface area contributed by atoms with Gasteiger partial charge in [0.25, 0.3) is 0 Å². The third-order valence-electron chi connectivity index (χ3n) is 3.22. The third-order valence-corrected chi connectivity index (χ3v) is 3.71. The van der Waals surface area contributed by atoms with E-state index in [0.29, 0.717) is 0 Å². The van der Waals surface area contributed by atoms with Gasteiger partial charge in [0, 0.05) is 23.2 Å². The molecule has 2 aromatic rings. The van der Waals surface area contributed by atoms with Crippen LogP contribution in [0.4, 0.5) is 5.69 Å². The number of rotatable bonds is 1. The normalized spacial score (nSPS) is 16.5. The van der Waals surface area contributed by atoms with Crippen molar-refractivity contribution >= 4 is 32.4 Å². The average Bonchev–Trinajstić information content (AvgIpc) is 2.24. The summed E-state index contributed by atoms with van der Waals surface area (Å²) < 4.78 is 1.14. The van der Waals surface area contributed by atoms with Gasteiger partial charge in [-0.3, -0.25) is 0 Å². The van der Waals surface area contributed by atoms with E-state index in [4.69, 9.17) is 0 Å². The fourth-order valence-electron chi connectivity index (χ4n) is 2.31. The largest absolute Gasteiger partial charge is 0.371 e. The van der Waals surface area contributed by atoms with Crippen LogP contribution >= 0.6 is 15.9 Å². The highest BCUT2D eigenvalue weighted by molar-refractivity contribution is 9.10. The van der Waals surface area contributed by atoms with Gasteiger partial charge in [-0.05, 0) is 41.0 Å². The van der Waals surface area contributed by atoms with Crippen LogP contribution in [0.5, 0.6) is 0 Å². The molecule has 1 fully saturated rings. The summed E-state index contributed by atoms with van der Waals surface area (Å²) in [4.78, 5) is 2.44. The molecule has 2 aromatic carbocycles.